The maximum Gasteiger partial charge on any atom is 0.252 e. The molecule has 1 aromatic carbocycles. The predicted octanol–water partition coefficient (Wildman–Crippen LogP) is 3.80. The van der Waals surface area contributed by atoms with Crippen molar-refractivity contribution in [1.29, 1.82) is 0 Å². The highest BCUT2D eigenvalue weighted by Gasteiger charge is 2.24. The fourth-order valence-corrected chi connectivity index (χ4v) is 2.86. The molecule has 108 valence electrons. The number of pyridine rings is 1. The zero-order valence-electron chi connectivity index (χ0n) is 12.1. The monoisotopic (exact) mass is 298 g/mol. The van der Waals surface area contributed by atoms with Crippen LogP contribution in [0.25, 0.3) is 10.9 Å². The largest absolute Gasteiger partial charge is 0.349 e. The molecule has 0 aliphatic heterocycles. The van der Waals surface area contributed by atoms with Gasteiger partial charge < -0.3 is 5.32 Å². The van der Waals surface area contributed by atoms with Gasteiger partial charge in [0.15, 0.2) is 0 Å². The zero-order chi connectivity index (χ0) is 14.8. The van der Waals surface area contributed by atoms with Crippen LogP contribution in [0.2, 0.25) is 0 Å². The first-order valence-corrected chi connectivity index (χ1v) is 8.10. The Morgan fingerprint density at radius 2 is 2.19 bits per heavy atom. The van der Waals surface area contributed by atoms with Crippen molar-refractivity contribution in [3.05, 3.63) is 48.0 Å². The number of aromatic nitrogens is 1. The lowest BCUT2D eigenvalue weighted by molar-refractivity contribution is 0.0952. The van der Waals surface area contributed by atoms with Gasteiger partial charge in [0, 0.05) is 17.2 Å². The lowest BCUT2D eigenvalue weighted by Crippen LogP contribution is -2.25. The van der Waals surface area contributed by atoms with E-state index < -0.39 is 0 Å². The molecule has 0 saturated heterocycles. The summed E-state index contributed by atoms with van der Waals surface area (Å²) in [4.78, 5) is 17.1. The van der Waals surface area contributed by atoms with Crippen LogP contribution >= 0.6 is 11.8 Å². The molecular weight excluding hydrogens is 280 g/mol. The van der Waals surface area contributed by atoms with Crippen molar-refractivity contribution in [2.75, 3.05) is 5.75 Å². The maximum atomic E-state index is 12.4. The Bertz CT molecular complexity index is 707. The van der Waals surface area contributed by atoms with E-state index in [4.69, 9.17) is 0 Å². The van der Waals surface area contributed by atoms with Gasteiger partial charge in [0.05, 0.1) is 16.1 Å². The number of carbonyl (C=O) groups excluding carboxylic acids is 1. The van der Waals surface area contributed by atoms with E-state index >= 15 is 0 Å². The van der Waals surface area contributed by atoms with Gasteiger partial charge in [-0.15, -0.1) is 11.8 Å². The first-order valence-electron chi connectivity index (χ1n) is 7.11. The van der Waals surface area contributed by atoms with Crippen LogP contribution in [0.1, 0.15) is 30.1 Å². The molecule has 1 aromatic heterocycles. The van der Waals surface area contributed by atoms with E-state index in [1.165, 1.54) is 0 Å². The number of hydrogen-bond acceptors (Lipinski definition) is 3. The Hall–Kier alpha value is -1.81. The lowest BCUT2D eigenvalue weighted by Gasteiger charge is -2.09. The van der Waals surface area contributed by atoms with E-state index in [9.17, 15) is 4.79 Å². The summed E-state index contributed by atoms with van der Waals surface area (Å²) in [7, 11) is 0. The van der Waals surface area contributed by atoms with Crippen molar-refractivity contribution >= 4 is 28.6 Å². The van der Waals surface area contributed by atoms with Gasteiger partial charge in [0.1, 0.15) is 0 Å². The number of fused-ring (bicyclic) bond motifs is 1. The second-order valence-electron chi connectivity index (χ2n) is 5.52. The van der Waals surface area contributed by atoms with E-state index in [0.717, 1.165) is 45.7 Å². The number of amides is 1. The first-order chi connectivity index (χ1) is 10.1. The molecular formula is C17H18N2OS. The van der Waals surface area contributed by atoms with Gasteiger partial charge in [-0.1, -0.05) is 30.4 Å². The molecule has 0 unspecified atom stereocenters. The van der Waals surface area contributed by atoms with Crippen LogP contribution in [-0.4, -0.2) is 22.7 Å². The van der Waals surface area contributed by atoms with Crippen LogP contribution in [0.5, 0.6) is 0 Å². The highest BCUT2D eigenvalue weighted by molar-refractivity contribution is 7.99. The van der Waals surface area contributed by atoms with E-state index in [1.54, 1.807) is 11.8 Å². The van der Waals surface area contributed by atoms with Crippen molar-refractivity contribution < 1.29 is 4.79 Å². The number of carbonyl (C=O) groups is 1. The van der Waals surface area contributed by atoms with E-state index in [1.807, 2.05) is 37.3 Å². The van der Waals surface area contributed by atoms with Gasteiger partial charge in [-0.2, -0.15) is 0 Å². The molecule has 3 nitrogen and oxygen atoms in total. The molecule has 1 saturated carbocycles. The van der Waals surface area contributed by atoms with Gasteiger partial charge in [-0.05, 0) is 31.9 Å². The Kier molecular flexibility index (Phi) is 3.97. The summed E-state index contributed by atoms with van der Waals surface area (Å²) in [5.74, 6) is 0.822. The molecule has 3 rings (SSSR count). The fraction of sp³-hybridized carbons (Fsp3) is 0.294. The second-order valence-corrected chi connectivity index (χ2v) is 6.51. The molecule has 1 aliphatic carbocycles. The number of para-hydroxylation sites is 1. The molecule has 0 spiro atoms. The van der Waals surface area contributed by atoms with Gasteiger partial charge >= 0.3 is 0 Å². The molecule has 0 bridgehead atoms. The van der Waals surface area contributed by atoms with Crippen molar-refractivity contribution in [2.45, 2.75) is 30.8 Å². The summed E-state index contributed by atoms with van der Waals surface area (Å²) in [5, 5.41) is 4.85. The Morgan fingerprint density at radius 3 is 2.90 bits per heavy atom. The lowest BCUT2D eigenvalue weighted by atomic mass is 10.1. The summed E-state index contributed by atoms with van der Waals surface area (Å²) in [6.45, 7) is 5.90. The molecule has 1 fully saturated rings. The second kappa shape index (κ2) is 5.90. The summed E-state index contributed by atoms with van der Waals surface area (Å²) in [6.07, 6.45) is 2.18. The third-order valence-corrected chi connectivity index (χ3v) is 4.46. The topological polar surface area (TPSA) is 42.0 Å². The van der Waals surface area contributed by atoms with Crippen molar-refractivity contribution in [3.8, 4) is 0 Å². The van der Waals surface area contributed by atoms with Gasteiger partial charge in [0.25, 0.3) is 5.91 Å². The molecule has 2 aromatic rings. The molecule has 1 amide bonds. The highest BCUT2D eigenvalue weighted by atomic mass is 32.2. The Balaban J connectivity index is 1.97. The number of hydrogen-bond donors (Lipinski definition) is 1. The molecule has 1 N–H and O–H groups in total. The van der Waals surface area contributed by atoms with Gasteiger partial charge in [0.2, 0.25) is 0 Å². The van der Waals surface area contributed by atoms with Crippen LogP contribution in [0.4, 0.5) is 0 Å². The first kappa shape index (κ1) is 14.1. The molecule has 4 heteroatoms. The van der Waals surface area contributed by atoms with E-state index in [0.29, 0.717) is 6.04 Å². The van der Waals surface area contributed by atoms with E-state index in [2.05, 4.69) is 16.9 Å². The quantitative estimate of drug-likeness (QED) is 0.674. The normalized spacial score (nSPS) is 14.1. The number of benzene rings is 1. The van der Waals surface area contributed by atoms with Crippen molar-refractivity contribution in [3.63, 3.8) is 0 Å². The van der Waals surface area contributed by atoms with Crippen LogP contribution in [0, 0.1) is 0 Å². The van der Waals surface area contributed by atoms with Crippen molar-refractivity contribution in [1.82, 2.24) is 10.3 Å². The standard InChI is InChI=1S/C17H18N2OS/c1-11(2)10-21-16-9-14(17(20)18-12-7-8-12)13-5-3-4-6-15(13)19-16/h3-6,9,12H,1,7-8,10H2,2H3,(H,18,20). The number of rotatable bonds is 5. The van der Waals surface area contributed by atoms with Crippen LogP contribution < -0.4 is 5.32 Å². The van der Waals surface area contributed by atoms with E-state index in [-0.39, 0.29) is 5.91 Å². The predicted molar refractivity (Wildman–Crippen MR) is 87.8 cm³/mol. The molecule has 1 heterocycles. The zero-order valence-corrected chi connectivity index (χ0v) is 12.9. The number of nitrogens with one attached hydrogen (secondary N) is 1. The SMILES string of the molecule is C=C(C)CSc1cc(C(=O)NC2CC2)c2ccccc2n1. The van der Waals surface area contributed by atoms with Crippen LogP contribution in [0.3, 0.4) is 0 Å². The van der Waals surface area contributed by atoms with Gasteiger partial charge in [-0.3, -0.25) is 4.79 Å². The maximum absolute atomic E-state index is 12.4. The van der Waals surface area contributed by atoms with Crippen LogP contribution in [-0.2, 0) is 0 Å². The van der Waals surface area contributed by atoms with Crippen molar-refractivity contribution in [2.24, 2.45) is 0 Å². The highest BCUT2D eigenvalue weighted by Crippen LogP contribution is 2.26. The summed E-state index contributed by atoms with van der Waals surface area (Å²) < 4.78 is 0. The molecule has 21 heavy (non-hydrogen) atoms. The average molecular weight is 298 g/mol. The molecule has 0 radical (unpaired) electrons. The fourth-order valence-electron chi connectivity index (χ4n) is 2.10. The minimum atomic E-state index is 0.00766. The number of nitrogens with zero attached hydrogens (tertiary/aromatic N) is 1. The summed E-state index contributed by atoms with van der Waals surface area (Å²) >= 11 is 1.62. The van der Waals surface area contributed by atoms with Gasteiger partial charge in [-0.25, -0.2) is 4.98 Å². The van der Waals surface area contributed by atoms with Crippen LogP contribution in [0.15, 0.2) is 47.5 Å². The minimum Gasteiger partial charge on any atom is -0.349 e. The number of thioether (sulfide) groups is 1. The summed E-state index contributed by atoms with van der Waals surface area (Å²) in [5.41, 5.74) is 2.68. The Morgan fingerprint density at radius 1 is 1.43 bits per heavy atom. The summed E-state index contributed by atoms with van der Waals surface area (Å²) in [6, 6.07) is 10.1. The molecule has 1 aliphatic rings. The molecule has 0 atom stereocenters. The third-order valence-electron chi connectivity index (χ3n) is 3.32. The minimum absolute atomic E-state index is 0.00766. The average Bonchev–Trinajstić information content (AvgIpc) is 3.28. The smallest absolute Gasteiger partial charge is 0.252 e. The Labute approximate surface area is 128 Å². The third kappa shape index (κ3) is 3.45.